The molecule has 8 nitrogen and oxygen atoms in total. The zero-order valence-electron chi connectivity index (χ0n) is 28.9. The van der Waals surface area contributed by atoms with Gasteiger partial charge in [-0.2, -0.15) is 18.3 Å². The van der Waals surface area contributed by atoms with Crippen LogP contribution in [0.15, 0.2) is 41.2 Å². The Balaban J connectivity index is 1.67. The summed E-state index contributed by atoms with van der Waals surface area (Å²) in [7, 11) is 1.67. The predicted octanol–water partition coefficient (Wildman–Crippen LogP) is 7.06. The van der Waals surface area contributed by atoms with E-state index in [0.29, 0.717) is 40.9 Å². The quantitative estimate of drug-likeness (QED) is 0.171. The van der Waals surface area contributed by atoms with Crippen LogP contribution >= 0.6 is 0 Å². The molecule has 0 saturated carbocycles. The first-order valence-corrected chi connectivity index (χ1v) is 16.6. The number of hydrogen-bond donors (Lipinski definition) is 1. The molecule has 0 spiro atoms. The number of ether oxygens (including phenoxy) is 1. The molecule has 49 heavy (non-hydrogen) atoms. The molecule has 1 N–H and O–H groups in total. The molecule has 4 rings (SSSR count). The van der Waals surface area contributed by atoms with Crippen LogP contribution in [0, 0.1) is 32.5 Å². The van der Waals surface area contributed by atoms with Crippen molar-refractivity contribution >= 4 is 11.8 Å². The number of halogens is 4. The molecule has 0 unspecified atom stereocenters. The smallest absolute Gasteiger partial charge is 0.419 e. The van der Waals surface area contributed by atoms with Crippen LogP contribution in [0.25, 0.3) is 11.1 Å². The van der Waals surface area contributed by atoms with E-state index in [1.807, 2.05) is 13.8 Å². The third kappa shape index (κ3) is 9.21. The normalized spacial score (nSPS) is 15.3. The van der Waals surface area contributed by atoms with Gasteiger partial charge in [0.25, 0.3) is 5.56 Å². The number of Topliss-reactive ketones (excluding diaryl/α,β-unsaturated/α-hetero) is 1. The molecule has 2 heterocycles. The Bertz CT molecular complexity index is 1710. The van der Waals surface area contributed by atoms with Gasteiger partial charge in [0.1, 0.15) is 11.9 Å². The summed E-state index contributed by atoms with van der Waals surface area (Å²) in [6, 6.07) is 7.70. The number of carbonyl (C=O) groups excluding carboxylic acids is 1. The lowest BCUT2D eigenvalue weighted by Crippen LogP contribution is -2.52. The van der Waals surface area contributed by atoms with Crippen LogP contribution in [-0.2, 0) is 26.9 Å². The Morgan fingerprint density at radius 2 is 1.71 bits per heavy atom. The molecule has 1 fully saturated rings. The highest BCUT2D eigenvalue weighted by Gasteiger charge is 2.38. The van der Waals surface area contributed by atoms with Crippen molar-refractivity contribution in [1.29, 1.82) is 0 Å². The summed E-state index contributed by atoms with van der Waals surface area (Å²) < 4.78 is 64.8. The van der Waals surface area contributed by atoms with E-state index in [2.05, 4.69) is 10.00 Å². The Hall–Kier alpha value is -3.90. The Labute approximate surface area is 284 Å². The fourth-order valence-corrected chi connectivity index (χ4v) is 6.62. The predicted molar refractivity (Wildman–Crippen MR) is 178 cm³/mol. The van der Waals surface area contributed by atoms with E-state index in [4.69, 9.17) is 4.74 Å². The number of benzene rings is 2. The molecule has 12 heteroatoms. The molecule has 1 aromatic heterocycles. The lowest BCUT2D eigenvalue weighted by atomic mass is 9.84. The van der Waals surface area contributed by atoms with Crippen LogP contribution in [0.2, 0.25) is 0 Å². The second-order valence-electron chi connectivity index (χ2n) is 13.6. The number of carboxylic acid groups (broad SMARTS) is 1. The summed E-state index contributed by atoms with van der Waals surface area (Å²) in [5, 5.41) is 14.4. The van der Waals surface area contributed by atoms with Crippen LogP contribution in [0.3, 0.4) is 0 Å². The first-order valence-electron chi connectivity index (χ1n) is 16.6. The van der Waals surface area contributed by atoms with Gasteiger partial charge < -0.3 is 9.84 Å². The van der Waals surface area contributed by atoms with E-state index in [9.17, 15) is 32.7 Å². The molecule has 0 amide bonds. The van der Waals surface area contributed by atoms with Crippen molar-refractivity contribution in [3.8, 4) is 11.1 Å². The number of aromatic nitrogens is 2. The van der Waals surface area contributed by atoms with E-state index in [-0.39, 0.29) is 36.8 Å². The molecule has 1 saturated heterocycles. The monoisotopic (exact) mass is 687 g/mol. The maximum Gasteiger partial charge on any atom is 0.419 e. The number of likely N-dealkylation sites (tertiary alicyclic amines) is 1. The van der Waals surface area contributed by atoms with Crippen LogP contribution in [0.4, 0.5) is 17.6 Å². The summed E-state index contributed by atoms with van der Waals surface area (Å²) in [5.74, 6) is -4.62. The summed E-state index contributed by atoms with van der Waals surface area (Å²) in [6.07, 6.45) is -5.30. The van der Waals surface area contributed by atoms with Gasteiger partial charge in [0.15, 0.2) is 5.78 Å². The lowest BCUT2D eigenvalue weighted by molar-refractivity contribution is -0.140. The van der Waals surface area contributed by atoms with Crippen molar-refractivity contribution in [2.45, 2.75) is 91.0 Å². The molecule has 1 aliphatic rings. The number of carboxylic acids is 1. The zero-order valence-corrected chi connectivity index (χ0v) is 28.9. The molecule has 2 aromatic carbocycles. The van der Waals surface area contributed by atoms with Crippen LogP contribution in [-0.4, -0.2) is 64.4 Å². The first-order chi connectivity index (χ1) is 23.0. The summed E-state index contributed by atoms with van der Waals surface area (Å²) in [4.78, 5) is 41.3. The van der Waals surface area contributed by atoms with Crippen LogP contribution in [0.5, 0.6) is 0 Å². The largest absolute Gasteiger partial charge is 0.481 e. The maximum atomic E-state index is 15.8. The highest BCUT2D eigenvalue weighted by atomic mass is 19.4. The zero-order chi connectivity index (χ0) is 36.2. The average molecular weight is 688 g/mol. The van der Waals surface area contributed by atoms with Crippen molar-refractivity contribution in [2.24, 2.45) is 5.92 Å². The second kappa shape index (κ2) is 15.8. The van der Waals surface area contributed by atoms with E-state index in [0.717, 1.165) is 19.2 Å². The number of carbonyl (C=O) groups is 2. The third-order valence-corrected chi connectivity index (χ3v) is 9.31. The number of methoxy groups -OCH3 is 1. The van der Waals surface area contributed by atoms with Crippen molar-refractivity contribution < 1.29 is 37.0 Å². The fraction of sp³-hybridized carbons (Fsp3) is 0.514. The fourth-order valence-electron chi connectivity index (χ4n) is 6.62. The van der Waals surface area contributed by atoms with Gasteiger partial charge in [0.05, 0.1) is 23.8 Å². The maximum absolute atomic E-state index is 15.8. The van der Waals surface area contributed by atoms with Gasteiger partial charge in [-0.15, -0.1) is 0 Å². The van der Waals surface area contributed by atoms with Crippen molar-refractivity contribution in [3.63, 3.8) is 0 Å². The van der Waals surface area contributed by atoms with E-state index >= 15 is 4.39 Å². The minimum atomic E-state index is -5.05. The topological polar surface area (TPSA) is 102 Å². The van der Waals surface area contributed by atoms with Crippen molar-refractivity contribution in [1.82, 2.24) is 14.7 Å². The number of aryl methyl sites for hydroxylation is 3. The van der Waals surface area contributed by atoms with Gasteiger partial charge in [-0.1, -0.05) is 32.0 Å². The minimum absolute atomic E-state index is 0.0323. The molecule has 0 aliphatic carbocycles. The minimum Gasteiger partial charge on any atom is -0.481 e. The SMILES string of the molecule is COC1CN(CCc2nn([C@@H](CC(C)C)C(=O)CC[C@@H](CC(=O)O)c3cc(-c4c(C)cccc4C)cc(C(F)(F)F)c3F)c(=O)cc2C)C1. The molecular formula is C37H45F4N3O5. The van der Waals surface area contributed by atoms with Gasteiger partial charge in [0, 0.05) is 45.7 Å². The van der Waals surface area contributed by atoms with Crippen LogP contribution < -0.4 is 5.56 Å². The van der Waals surface area contributed by atoms with Gasteiger partial charge in [-0.05, 0) is 91.0 Å². The molecule has 2 atom stereocenters. The Morgan fingerprint density at radius 3 is 2.29 bits per heavy atom. The number of rotatable bonds is 15. The number of aliphatic carboxylic acids is 1. The third-order valence-electron chi connectivity index (χ3n) is 9.31. The van der Waals surface area contributed by atoms with E-state index in [1.165, 1.54) is 16.8 Å². The number of alkyl halides is 3. The van der Waals surface area contributed by atoms with Crippen LogP contribution in [0.1, 0.15) is 85.0 Å². The highest BCUT2D eigenvalue weighted by Crippen LogP contribution is 2.41. The van der Waals surface area contributed by atoms with E-state index in [1.54, 1.807) is 46.1 Å². The lowest BCUT2D eigenvalue weighted by Gasteiger charge is -2.38. The Morgan fingerprint density at radius 1 is 1.06 bits per heavy atom. The molecule has 1 aliphatic heterocycles. The standard InChI is InChI=1S/C37H45F4N3O5/c1-21(2)14-31(44-33(46)15-24(5)30(42-44)12-13-43-19-27(20-43)49-6)32(45)11-10-25(18-34(47)48)28-16-26(17-29(36(28)38)37(39,40)41)35-22(3)8-7-9-23(35)4/h7-9,15-17,21,25,27,31H,10-14,18-20H2,1-6H3,(H,47,48)/t25-,31-/m0/s1. The molecular weight excluding hydrogens is 642 g/mol. The van der Waals surface area contributed by atoms with E-state index < -0.39 is 58.8 Å². The summed E-state index contributed by atoms with van der Waals surface area (Å²) in [5.41, 5.74) is 0.921. The number of nitrogens with zero attached hydrogens (tertiary/aromatic N) is 3. The highest BCUT2D eigenvalue weighted by molar-refractivity contribution is 5.82. The van der Waals surface area contributed by atoms with Gasteiger partial charge >= 0.3 is 12.1 Å². The Kier molecular flexibility index (Phi) is 12.2. The first kappa shape index (κ1) is 37.9. The second-order valence-corrected chi connectivity index (χ2v) is 13.6. The summed E-state index contributed by atoms with van der Waals surface area (Å²) in [6.45, 7) is 11.3. The van der Waals surface area contributed by atoms with Gasteiger partial charge in [-0.25, -0.2) is 9.07 Å². The molecule has 0 bridgehead atoms. The molecule has 266 valence electrons. The number of hydrogen-bond acceptors (Lipinski definition) is 6. The van der Waals surface area contributed by atoms with Crippen molar-refractivity contribution in [2.75, 3.05) is 26.7 Å². The van der Waals surface area contributed by atoms with Gasteiger partial charge in [-0.3, -0.25) is 19.3 Å². The average Bonchev–Trinajstić information content (AvgIpc) is 2.98. The van der Waals surface area contributed by atoms with Crippen molar-refractivity contribution in [3.05, 3.63) is 86.1 Å². The number of ketones is 1. The summed E-state index contributed by atoms with van der Waals surface area (Å²) >= 11 is 0. The molecule has 0 radical (unpaired) electrons. The van der Waals surface area contributed by atoms with Gasteiger partial charge in [0.2, 0.25) is 0 Å². The molecule has 3 aromatic rings.